The molecule has 0 aliphatic rings. The van der Waals surface area contributed by atoms with E-state index in [0.29, 0.717) is 17.1 Å². The summed E-state index contributed by atoms with van der Waals surface area (Å²) in [7, 11) is 1.45. The molecule has 0 saturated carbocycles. The largest absolute Gasteiger partial charge is 0.495 e. The molecule has 28 heavy (non-hydrogen) atoms. The van der Waals surface area contributed by atoms with Crippen LogP contribution in [0.2, 0.25) is 0 Å². The van der Waals surface area contributed by atoms with E-state index in [1.165, 1.54) is 32.4 Å². The lowest BCUT2D eigenvalue weighted by Crippen LogP contribution is -2.15. The molecule has 3 aromatic rings. The van der Waals surface area contributed by atoms with Crippen LogP contribution in [0, 0.1) is 0 Å². The highest BCUT2D eigenvalue weighted by Crippen LogP contribution is 2.28. The van der Waals surface area contributed by atoms with Crippen LogP contribution in [0.25, 0.3) is 0 Å². The summed E-state index contributed by atoms with van der Waals surface area (Å²) in [6.45, 7) is 1.37. The van der Waals surface area contributed by atoms with E-state index in [9.17, 15) is 14.4 Å². The molecule has 10 nitrogen and oxygen atoms in total. The van der Waals surface area contributed by atoms with Gasteiger partial charge >= 0.3 is 6.01 Å². The number of rotatable bonds is 6. The Labute approximate surface area is 158 Å². The molecule has 0 bridgehead atoms. The molecule has 0 fully saturated rings. The molecule has 0 atom stereocenters. The van der Waals surface area contributed by atoms with E-state index in [1.807, 2.05) is 0 Å². The van der Waals surface area contributed by atoms with Gasteiger partial charge in [0.1, 0.15) is 12.0 Å². The molecule has 0 unspecified atom stereocenters. The van der Waals surface area contributed by atoms with Crippen LogP contribution in [-0.4, -0.2) is 29.8 Å². The first-order chi connectivity index (χ1) is 13.5. The van der Waals surface area contributed by atoms with Crippen molar-refractivity contribution in [1.82, 2.24) is 4.98 Å². The van der Waals surface area contributed by atoms with Gasteiger partial charge in [-0.3, -0.25) is 19.7 Å². The van der Waals surface area contributed by atoms with Gasteiger partial charge in [0.15, 0.2) is 11.5 Å². The molecular weight excluding hydrogens is 368 g/mol. The molecule has 0 saturated heterocycles. The Morgan fingerprint density at radius 1 is 1.04 bits per heavy atom. The van der Waals surface area contributed by atoms with Crippen LogP contribution in [0.5, 0.6) is 5.75 Å². The number of furan rings is 1. The minimum Gasteiger partial charge on any atom is -0.495 e. The van der Waals surface area contributed by atoms with Gasteiger partial charge in [-0.15, -0.1) is 0 Å². The number of anilines is 3. The third-order valence-electron chi connectivity index (χ3n) is 3.47. The summed E-state index contributed by atoms with van der Waals surface area (Å²) in [5.41, 5.74) is 0.736. The zero-order valence-corrected chi connectivity index (χ0v) is 14.9. The second-order valence-corrected chi connectivity index (χ2v) is 5.52. The molecular formula is C18H16N4O6. The van der Waals surface area contributed by atoms with Crippen molar-refractivity contribution in [2.75, 3.05) is 23.1 Å². The Morgan fingerprint density at radius 2 is 1.86 bits per heavy atom. The normalized spacial score (nSPS) is 10.2. The van der Waals surface area contributed by atoms with Crippen molar-refractivity contribution < 1.29 is 28.0 Å². The van der Waals surface area contributed by atoms with Gasteiger partial charge in [-0.05, 0) is 30.3 Å². The number of nitrogens with one attached hydrogen (secondary N) is 3. The van der Waals surface area contributed by atoms with Crippen LogP contribution >= 0.6 is 0 Å². The summed E-state index contributed by atoms with van der Waals surface area (Å²) in [6, 6.07) is 7.64. The summed E-state index contributed by atoms with van der Waals surface area (Å²) in [4.78, 5) is 39.5. The smallest absolute Gasteiger partial charge is 0.302 e. The van der Waals surface area contributed by atoms with Crippen LogP contribution in [0.15, 0.2) is 51.7 Å². The first-order valence-electron chi connectivity index (χ1n) is 8.03. The summed E-state index contributed by atoms with van der Waals surface area (Å²) < 4.78 is 15.3. The van der Waals surface area contributed by atoms with Crippen LogP contribution in [0.4, 0.5) is 17.4 Å². The second kappa shape index (κ2) is 8.08. The molecule has 0 aliphatic carbocycles. The Balaban J connectivity index is 1.72. The number of oxazole rings is 1. The highest BCUT2D eigenvalue weighted by atomic mass is 16.5. The molecule has 0 aliphatic heterocycles. The number of hydrogen-bond acceptors (Lipinski definition) is 7. The van der Waals surface area contributed by atoms with Gasteiger partial charge in [0, 0.05) is 12.6 Å². The summed E-state index contributed by atoms with van der Waals surface area (Å²) in [5, 5.41) is 7.60. The van der Waals surface area contributed by atoms with Crippen molar-refractivity contribution in [3.8, 4) is 5.75 Å². The van der Waals surface area contributed by atoms with Gasteiger partial charge in [0.25, 0.3) is 11.8 Å². The van der Waals surface area contributed by atoms with Crippen LogP contribution in [-0.2, 0) is 4.79 Å². The maximum absolute atomic E-state index is 12.4. The molecule has 3 N–H and O–H groups in total. The highest BCUT2D eigenvalue weighted by Gasteiger charge is 2.17. The molecule has 1 aromatic carbocycles. The van der Waals surface area contributed by atoms with E-state index >= 15 is 0 Å². The Hall–Kier alpha value is -4.08. The first kappa shape index (κ1) is 18.7. The first-order valence-corrected chi connectivity index (χ1v) is 8.03. The number of nitrogens with zero attached hydrogens (tertiary/aromatic N) is 1. The van der Waals surface area contributed by atoms with Crippen molar-refractivity contribution in [1.29, 1.82) is 0 Å². The van der Waals surface area contributed by atoms with Gasteiger partial charge in [-0.2, -0.15) is 4.98 Å². The standard InChI is InChI=1S/C18H16N4O6/c1-10(23)19-11-5-6-14(26-2)12(8-11)20-16(24)13-9-28-18(21-13)22-17(25)15-4-3-7-27-15/h3-9H,1-2H3,(H,19,23)(H,20,24)(H,21,22,25). The van der Waals surface area contributed by atoms with Gasteiger partial charge in [-0.1, -0.05) is 0 Å². The van der Waals surface area contributed by atoms with Crippen molar-refractivity contribution in [3.05, 3.63) is 54.3 Å². The molecule has 2 heterocycles. The summed E-state index contributed by atoms with van der Waals surface area (Å²) >= 11 is 0. The van der Waals surface area contributed by atoms with E-state index in [2.05, 4.69) is 20.9 Å². The van der Waals surface area contributed by atoms with Crippen molar-refractivity contribution in [3.63, 3.8) is 0 Å². The van der Waals surface area contributed by atoms with Crippen molar-refractivity contribution in [2.45, 2.75) is 6.92 Å². The van der Waals surface area contributed by atoms with Crippen LogP contribution < -0.4 is 20.7 Å². The van der Waals surface area contributed by atoms with Crippen LogP contribution in [0.1, 0.15) is 28.0 Å². The number of methoxy groups -OCH3 is 1. The highest BCUT2D eigenvalue weighted by molar-refractivity contribution is 6.05. The lowest BCUT2D eigenvalue weighted by Gasteiger charge is -2.11. The van der Waals surface area contributed by atoms with E-state index in [4.69, 9.17) is 13.6 Å². The Morgan fingerprint density at radius 3 is 2.54 bits per heavy atom. The minimum absolute atomic E-state index is 0.0678. The van der Waals surface area contributed by atoms with Gasteiger partial charge in [-0.25, -0.2) is 0 Å². The second-order valence-electron chi connectivity index (χ2n) is 5.52. The number of amides is 3. The maximum Gasteiger partial charge on any atom is 0.302 e. The topological polar surface area (TPSA) is 136 Å². The number of aromatic nitrogens is 1. The predicted molar refractivity (Wildman–Crippen MR) is 98.4 cm³/mol. The fraction of sp³-hybridized carbons (Fsp3) is 0.111. The zero-order chi connectivity index (χ0) is 20.1. The quantitative estimate of drug-likeness (QED) is 0.594. The van der Waals surface area contributed by atoms with E-state index in [1.54, 1.807) is 18.2 Å². The van der Waals surface area contributed by atoms with Crippen molar-refractivity contribution >= 4 is 35.1 Å². The maximum atomic E-state index is 12.4. The molecule has 3 amide bonds. The molecule has 0 spiro atoms. The van der Waals surface area contributed by atoms with E-state index < -0.39 is 11.8 Å². The van der Waals surface area contributed by atoms with E-state index in [-0.39, 0.29) is 23.4 Å². The van der Waals surface area contributed by atoms with Crippen LogP contribution in [0.3, 0.4) is 0 Å². The number of benzene rings is 1. The SMILES string of the molecule is COc1ccc(NC(C)=O)cc1NC(=O)c1coc(NC(=O)c2ccco2)n1. The summed E-state index contributed by atoms with van der Waals surface area (Å²) in [6.07, 6.45) is 2.45. The molecule has 0 radical (unpaired) electrons. The lowest BCUT2D eigenvalue weighted by atomic mass is 10.2. The fourth-order valence-corrected chi connectivity index (χ4v) is 2.27. The molecule has 10 heteroatoms. The predicted octanol–water partition coefficient (Wildman–Crippen LogP) is 2.74. The monoisotopic (exact) mass is 384 g/mol. The summed E-state index contributed by atoms with van der Waals surface area (Å²) in [5.74, 6) is -0.957. The average molecular weight is 384 g/mol. The fourth-order valence-electron chi connectivity index (χ4n) is 2.27. The van der Waals surface area contributed by atoms with E-state index in [0.717, 1.165) is 6.26 Å². The zero-order valence-electron chi connectivity index (χ0n) is 14.9. The molecule has 3 rings (SSSR count). The molecule has 144 valence electrons. The third kappa shape index (κ3) is 4.36. The Bertz CT molecular complexity index is 1010. The lowest BCUT2D eigenvalue weighted by molar-refractivity contribution is -0.114. The van der Waals surface area contributed by atoms with Crippen molar-refractivity contribution in [2.24, 2.45) is 0 Å². The van der Waals surface area contributed by atoms with Gasteiger partial charge in [0.2, 0.25) is 5.91 Å². The number of ether oxygens (including phenoxy) is 1. The number of carbonyl (C=O) groups is 3. The number of carbonyl (C=O) groups excluding carboxylic acids is 3. The van der Waals surface area contributed by atoms with Gasteiger partial charge < -0.3 is 24.2 Å². The number of hydrogen-bond donors (Lipinski definition) is 3. The molecule has 2 aromatic heterocycles. The third-order valence-corrected chi connectivity index (χ3v) is 3.47. The average Bonchev–Trinajstić information content (AvgIpc) is 3.33. The van der Waals surface area contributed by atoms with Gasteiger partial charge in [0.05, 0.1) is 19.1 Å². The minimum atomic E-state index is -0.597. The Kier molecular flexibility index (Phi) is 5.40.